The van der Waals surface area contributed by atoms with Gasteiger partial charge in [-0.15, -0.1) is 0 Å². The zero-order valence-electron chi connectivity index (χ0n) is 13.0. The number of rotatable bonds is 6. The largest absolute Gasteiger partial charge is 0.460 e. The predicted octanol–water partition coefficient (Wildman–Crippen LogP) is 3.54. The van der Waals surface area contributed by atoms with Crippen molar-refractivity contribution in [2.75, 3.05) is 0 Å². The summed E-state index contributed by atoms with van der Waals surface area (Å²) in [5.41, 5.74) is 0.578. The first-order valence-electron chi connectivity index (χ1n) is 7.07. The molecule has 2 aromatic rings. The second kappa shape index (κ2) is 8.14. The van der Waals surface area contributed by atoms with Crippen LogP contribution in [0, 0.1) is 5.82 Å². The zero-order valence-corrected chi connectivity index (χ0v) is 15.3. The molecule has 0 radical (unpaired) electrons. The number of hydrogen-bond donors (Lipinski definition) is 1. The van der Waals surface area contributed by atoms with Crippen LogP contribution in [0.5, 0.6) is 0 Å². The van der Waals surface area contributed by atoms with Crippen molar-refractivity contribution in [2.45, 2.75) is 24.5 Å². The van der Waals surface area contributed by atoms with Gasteiger partial charge in [-0.2, -0.15) is 4.72 Å². The Hall–Kier alpha value is -1.67. The highest BCUT2D eigenvalue weighted by molar-refractivity contribution is 7.89. The van der Waals surface area contributed by atoms with Crippen LogP contribution < -0.4 is 4.72 Å². The molecule has 0 aromatic heterocycles. The second-order valence-electron chi connectivity index (χ2n) is 5.15. The van der Waals surface area contributed by atoms with Crippen molar-refractivity contribution in [2.24, 2.45) is 0 Å². The summed E-state index contributed by atoms with van der Waals surface area (Å²) >= 11 is 11.6. The monoisotopic (exact) mass is 405 g/mol. The average Bonchev–Trinajstić information content (AvgIpc) is 2.56. The smallest absolute Gasteiger partial charge is 0.324 e. The minimum atomic E-state index is -3.98. The first-order valence-corrected chi connectivity index (χ1v) is 9.31. The number of carbonyl (C=O) groups excluding carboxylic acids is 1. The molecule has 134 valence electrons. The molecule has 0 amide bonds. The van der Waals surface area contributed by atoms with Crippen LogP contribution in [0.3, 0.4) is 0 Å². The third-order valence-corrected chi connectivity index (χ3v) is 5.46. The van der Waals surface area contributed by atoms with Gasteiger partial charge in [-0.3, -0.25) is 4.79 Å². The van der Waals surface area contributed by atoms with Gasteiger partial charge in [0.15, 0.2) is 0 Å². The number of carbonyl (C=O) groups is 1. The summed E-state index contributed by atoms with van der Waals surface area (Å²) in [4.78, 5) is 11.8. The minimum absolute atomic E-state index is 0.0797. The lowest BCUT2D eigenvalue weighted by Crippen LogP contribution is -2.39. The number of ether oxygens (including phenoxy) is 1. The molecule has 0 unspecified atom stereocenters. The number of benzene rings is 2. The Balaban J connectivity index is 1.99. The Kier molecular flexibility index (Phi) is 6.40. The summed E-state index contributed by atoms with van der Waals surface area (Å²) in [5.74, 6) is -1.18. The van der Waals surface area contributed by atoms with Crippen LogP contribution in [-0.2, 0) is 26.2 Å². The number of halogens is 3. The molecule has 0 aliphatic carbocycles. The van der Waals surface area contributed by atoms with Crippen LogP contribution in [0.4, 0.5) is 4.39 Å². The highest BCUT2D eigenvalue weighted by atomic mass is 35.5. The van der Waals surface area contributed by atoms with E-state index in [1.54, 1.807) is 0 Å². The van der Waals surface area contributed by atoms with Crippen LogP contribution in [-0.4, -0.2) is 20.4 Å². The van der Waals surface area contributed by atoms with Gasteiger partial charge in [-0.1, -0.05) is 35.3 Å². The third-order valence-electron chi connectivity index (χ3n) is 3.18. The maximum Gasteiger partial charge on any atom is 0.324 e. The lowest BCUT2D eigenvalue weighted by Gasteiger charge is -2.14. The van der Waals surface area contributed by atoms with Crippen LogP contribution in [0.15, 0.2) is 47.4 Å². The van der Waals surface area contributed by atoms with E-state index in [2.05, 4.69) is 4.72 Å². The highest BCUT2D eigenvalue weighted by Gasteiger charge is 2.23. The Morgan fingerprint density at radius 2 is 1.80 bits per heavy atom. The van der Waals surface area contributed by atoms with Gasteiger partial charge in [0.25, 0.3) is 0 Å². The Labute approximate surface area is 154 Å². The summed E-state index contributed by atoms with van der Waals surface area (Å²) in [6.45, 7) is 1.25. The van der Waals surface area contributed by atoms with E-state index in [9.17, 15) is 17.6 Å². The molecule has 0 fully saturated rings. The molecule has 25 heavy (non-hydrogen) atoms. The third kappa shape index (κ3) is 5.40. The predicted molar refractivity (Wildman–Crippen MR) is 92.4 cm³/mol. The quantitative estimate of drug-likeness (QED) is 0.745. The van der Waals surface area contributed by atoms with Gasteiger partial charge in [0.2, 0.25) is 10.0 Å². The normalized spacial score (nSPS) is 12.6. The molecular weight excluding hydrogens is 392 g/mol. The average molecular weight is 406 g/mol. The van der Waals surface area contributed by atoms with E-state index in [4.69, 9.17) is 27.9 Å². The molecule has 0 bridgehead atoms. The highest BCUT2D eigenvalue weighted by Crippen LogP contribution is 2.24. The van der Waals surface area contributed by atoms with Gasteiger partial charge in [-0.25, -0.2) is 12.8 Å². The summed E-state index contributed by atoms with van der Waals surface area (Å²) in [6.07, 6.45) is 0. The minimum Gasteiger partial charge on any atom is -0.460 e. The number of esters is 1. The van der Waals surface area contributed by atoms with Crippen molar-refractivity contribution < 1.29 is 22.3 Å². The van der Waals surface area contributed by atoms with Gasteiger partial charge < -0.3 is 4.74 Å². The Bertz CT molecular complexity index is 872. The van der Waals surface area contributed by atoms with Crippen molar-refractivity contribution in [3.8, 4) is 0 Å². The first kappa shape index (κ1) is 19.7. The van der Waals surface area contributed by atoms with Gasteiger partial charge >= 0.3 is 5.97 Å². The van der Waals surface area contributed by atoms with E-state index in [1.165, 1.54) is 49.4 Å². The van der Waals surface area contributed by atoms with E-state index in [-0.39, 0.29) is 21.5 Å². The van der Waals surface area contributed by atoms with Gasteiger partial charge in [0.05, 0.1) is 14.9 Å². The van der Waals surface area contributed by atoms with Crippen LogP contribution >= 0.6 is 23.2 Å². The SMILES string of the molecule is C[C@H](NS(=O)(=O)c1ccc(Cl)c(Cl)c1)C(=O)OCc1ccc(F)cc1. The number of sulfonamides is 1. The van der Waals surface area contributed by atoms with E-state index in [0.29, 0.717) is 5.56 Å². The summed E-state index contributed by atoms with van der Waals surface area (Å²) in [7, 11) is -3.98. The maximum atomic E-state index is 12.8. The Morgan fingerprint density at radius 3 is 2.40 bits per heavy atom. The zero-order chi connectivity index (χ0) is 18.6. The van der Waals surface area contributed by atoms with Crippen molar-refractivity contribution in [3.05, 3.63) is 63.9 Å². The van der Waals surface area contributed by atoms with Crippen LogP contribution in [0.2, 0.25) is 10.0 Å². The summed E-state index contributed by atoms with van der Waals surface area (Å²) < 4.78 is 44.6. The topological polar surface area (TPSA) is 72.5 Å². The maximum absolute atomic E-state index is 12.8. The standard InChI is InChI=1S/C16H14Cl2FNO4S/c1-10(16(21)24-9-11-2-4-12(19)5-3-11)20-25(22,23)13-6-7-14(17)15(18)8-13/h2-8,10,20H,9H2,1H3/t10-/m0/s1. The van der Waals surface area contributed by atoms with Crippen LogP contribution in [0.1, 0.15) is 12.5 Å². The molecule has 1 N–H and O–H groups in total. The number of nitrogens with one attached hydrogen (secondary N) is 1. The molecule has 0 heterocycles. The lowest BCUT2D eigenvalue weighted by atomic mass is 10.2. The lowest BCUT2D eigenvalue weighted by molar-refractivity contribution is -0.146. The first-order chi connectivity index (χ1) is 11.7. The molecule has 5 nitrogen and oxygen atoms in total. The van der Waals surface area contributed by atoms with Crippen LogP contribution in [0.25, 0.3) is 0 Å². The summed E-state index contributed by atoms with van der Waals surface area (Å²) in [6, 6.07) is 8.07. The second-order valence-corrected chi connectivity index (χ2v) is 7.68. The van der Waals surface area contributed by atoms with Gasteiger partial charge in [-0.05, 0) is 42.8 Å². The molecule has 0 aliphatic heterocycles. The van der Waals surface area contributed by atoms with E-state index in [1.807, 2.05) is 0 Å². The van der Waals surface area contributed by atoms with E-state index >= 15 is 0 Å². The fourth-order valence-corrected chi connectivity index (χ4v) is 3.43. The molecule has 2 aromatic carbocycles. The van der Waals surface area contributed by atoms with Crippen molar-refractivity contribution >= 4 is 39.2 Å². The summed E-state index contributed by atoms with van der Waals surface area (Å²) in [5, 5.41) is 0.295. The molecule has 1 atom stereocenters. The van der Waals surface area contributed by atoms with Gasteiger partial charge in [0.1, 0.15) is 18.5 Å². The van der Waals surface area contributed by atoms with Crippen molar-refractivity contribution in [3.63, 3.8) is 0 Å². The number of hydrogen-bond acceptors (Lipinski definition) is 4. The van der Waals surface area contributed by atoms with E-state index in [0.717, 1.165) is 0 Å². The van der Waals surface area contributed by atoms with Crippen molar-refractivity contribution in [1.29, 1.82) is 0 Å². The van der Waals surface area contributed by atoms with Crippen molar-refractivity contribution in [1.82, 2.24) is 4.72 Å². The molecule has 9 heteroatoms. The molecule has 2 rings (SSSR count). The molecular formula is C16H14Cl2FNO4S. The molecule has 0 saturated heterocycles. The molecule has 0 saturated carbocycles. The fourth-order valence-electron chi connectivity index (χ4n) is 1.85. The van der Waals surface area contributed by atoms with Gasteiger partial charge in [0, 0.05) is 0 Å². The molecule has 0 aliphatic rings. The van der Waals surface area contributed by atoms with E-state index < -0.39 is 27.9 Å². The Morgan fingerprint density at radius 1 is 1.16 bits per heavy atom. The molecule has 0 spiro atoms. The fraction of sp³-hybridized carbons (Fsp3) is 0.188.